The Morgan fingerprint density at radius 3 is 1.62 bits per heavy atom. The summed E-state index contributed by atoms with van der Waals surface area (Å²) >= 11 is 0. The molecule has 1 amide bonds. The summed E-state index contributed by atoms with van der Waals surface area (Å²) in [4.78, 5) is 13.0. The summed E-state index contributed by atoms with van der Waals surface area (Å²) in [7, 11) is 0. The number of hydrogen-bond donors (Lipinski definition) is 1. The molecule has 4 atom stereocenters. The molecule has 26 heavy (non-hydrogen) atoms. The van der Waals surface area contributed by atoms with Crippen LogP contribution in [-0.4, -0.2) is 5.91 Å². The maximum absolute atomic E-state index is 13.0. The van der Waals surface area contributed by atoms with Crippen LogP contribution in [0.25, 0.3) is 0 Å². The molecule has 4 rings (SSSR count). The van der Waals surface area contributed by atoms with Crippen molar-refractivity contribution in [1.82, 2.24) is 5.32 Å². The van der Waals surface area contributed by atoms with Crippen LogP contribution in [0.5, 0.6) is 0 Å². The molecule has 0 spiro atoms. The van der Waals surface area contributed by atoms with Crippen molar-refractivity contribution >= 4 is 5.91 Å². The minimum absolute atomic E-state index is 0.00837. The van der Waals surface area contributed by atoms with E-state index in [0.717, 1.165) is 5.56 Å². The smallest absolute Gasteiger partial charge is 0.224 e. The van der Waals surface area contributed by atoms with Gasteiger partial charge >= 0.3 is 0 Å². The van der Waals surface area contributed by atoms with E-state index in [1.54, 1.807) is 0 Å². The van der Waals surface area contributed by atoms with Gasteiger partial charge in [0.05, 0.1) is 12.0 Å². The molecule has 1 unspecified atom stereocenters. The second kappa shape index (κ2) is 7.17. The van der Waals surface area contributed by atoms with E-state index in [-0.39, 0.29) is 29.7 Å². The van der Waals surface area contributed by atoms with Crippen LogP contribution in [0, 0.1) is 5.92 Å². The molecule has 130 valence electrons. The third-order valence-corrected chi connectivity index (χ3v) is 5.35. The third-order valence-electron chi connectivity index (χ3n) is 5.35. The van der Waals surface area contributed by atoms with E-state index in [0.29, 0.717) is 0 Å². The van der Waals surface area contributed by atoms with Gasteiger partial charge in [-0.3, -0.25) is 4.79 Å². The number of nitrogens with one attached hydrogen (secondary N) is 1. The molecular weight excluding hydrogens is 318 g/mol. The van der Waals surface area contributed by atoms with Crippen molar-refractivity contribution < 1.29 is 4.79 Å². The van der Waals surface area contributed by atoms with Crippen molar-refractivity contribution in [1.29, 1.82) is 0 Å². The van der Waals surface area contributed by atoms with Gasteiger partial charge in [0, 0.05) is 11.8 Å². The quantitative estimate of drug-likeness (QED) is 0.690. The highest BCUT2D eigenvalue weighted by Gasteiger charge is 2.56. The maximum atomic E-state index is 13.0. The van der Waals surface area contributed by atoms with E-state index in [4.69, 9.17) is 0 Å². The van der Waals surface area contributed by atoms with Crippen LogP contribution < -0.4 is 5.32 Å². The van der Waals surface area contributed by atoms with Crippen LogP contribution in [0.2, 0.25) is 0 Å². The summed E-state index contributed by atoms with van der Waals surface area (Å²) in [5.41, 5.74) is 3.62. The molecule has 0 aliphatic heterocycles. The van der Waals surface area contributed by atoms with Crippen molar-refractivity contribution in [3.05, 3.63) is 108 Å². The lowest BCUT2D eigenvalue weighted by atomic mass is 10.0. The average Bonchev–Trinajstić information content (AvgIpc) is 3.46. The Morgan fingerprint density at radius 1 is 0.731 bits per heavy atom. The zero-order valence-electron chi connectivity index (χ0n) is 14.9. The van der Waals surface area contributed by atoms with E-state index >= 15 is 0 Å². The van der Waals surface area contributed by atoms with Gasteiger partial charge in [-0.1, -0.05) is 91.0 Å². The molecule has 3 aromatic carbocycles. The van der Waals surface area contributed by atoms with E-state index in [1.165, 1.54) is 11.1 Å². The summed E-state index contributed by atoms with van der Waals surface area (Å²) < 4.78 is 0. The number of rotatable bonds is 5. The summed E-state index contributed by atoms with van der Waals surface area (Å²) in [5.74, 6) is 0.637. The first-order valence-corrected chi connectivity index (χ1v) is 9.21. The van der Waals surface area contributed by atoms with Crippen molar-refractivity contribution in [2.24, 2.45) is 5.92 Å². The first-order valence-electron chi connectivity index (χ1n) is 9.21. The Kier molecular flexibility index (Phi) is 4.57. The molecule has 0 radical (unpaired) electrons. The topological polar surface area (TPSA) is 29.1 Å². The van der Waals surface area contributed by atoms with Crippen LogP contribution in [-0.2, 0) is 4.79 Å². The normalized spacial score (nSPS) is 22.4. The summed E-state index contributed by atoms with van der Waals surface area (Å²) in [5, 5.41) is 3.22. The highest BCUT2D eigenvalue weighted by Crippen LogP contribution is 2.60. The Bertz CT molecular complexity index is 815. The van der Waals surface area contributed by atoms with Gasteiger partial charge in [-0.05, 0) is 23.6 Å². The molecule has 3 aromatic rings. The second-order valence-corrected chi connectivity index (χ2v) is 7.04. The van der Waals surface area contributed by atoms with Crippen molar-refractivity contribution in [3.63, 3.8) is 0 Å². The number of amides is 1. The molecule has 1 N–H and O–H groups in total. The van der Waals surface area contributed by atoms with Crippen LogP contribution in [0.15, 0.2) is 91.0 Å². The third kappa shape index (κ3) is 3.28. The standard InChI is InChI=1S/C24H23NO/c1-17(18-11-5-2-6-12-18)25-24(26)23-21(19-13-7-3-8-14-19)22(23)20-15-9-4-10-16-20/h2-17,21-23H,1H3,(H,25,26)/t17-,21-,22+,23?/m0/s1. The van der Waals surface area contributed by atoms with Gasteiger partial charge in [0.25, 0.3) is 0 Å². The number of benzene rings is 3. The number of hydrogen-bond acceptors (Lipinski definition) is 1. The highest BCUT2D eigenvalue weighted by atomic mass is 16.2. The molecule has 0 aromatic heterocycles. The summed E-state index contributed by atoms with van der Waals surface area (Å²) in [6, 6.07) is 30.9. The van der Waals surface area contributed by atoms with Crippen LogP contribution in [0.4, 0.5) is 0 Å². The second-order valence-electron chi connectivity index (χ2n) is 7.04. The molecule has 0 saturated heterocycles. The van der Waals surface area contributed by atoms with E-state index in [1.807, 2.05) is 37.3 Å². The first kappa shape index (κ1) is 16.6. The van der Waals surface area contributed by atoms with E-state index < -0.39 is 0 Å². The number of carbonyl (C=O) groups excluding carboxylic acids is 1. The van der Waals surface area contributed by atoms with Gasteiger partial charge in [0.2, 0.25) is 5.91 Å². The Balaban J connectivity index is 1.56. The lowest BCUT2D eigenvalue weighted by Gasteiger charge is -2.14. The van der Waals surface area contributed by atoms with Crippen LogP contribution in [0.3, 0.4) is 0 Å². The minimum atomic E-state index is -0.00837. The largest absolute Gasteiger partial charge is 0.349 e. The van der Waals surface area contributed by atoms with Crippen LogP contribution in [0.1, 0.15) is 41.5 Å². The van der Waals surface area contributed by atoms with E-state index in [9.17, 15) is 4.79 Å². The summed E-state index contributed by atoms with van der Waals surface area (Å²) in [6.45, 7) is 2.05. The van der Waals surface area contributed by atoms with E-state index in [2.05, 4.69) is 66.0 Å². The predicted molar refractivity (Wildman–Crippen MR) is 105 cm³/mol. The van der Waals surface area contributed by atoms with Gasteiger partial charge in [0.1, 0.15) is 0 Å². The Hall–Kier alpha value is -2.87. The molecule has 1 aliphatic rings. The molecular formula is C24H23NO. The van der Waals surface area contributed by atoms with Gasteiger partial charge < -0.3 is 5.32 Å². The van der Waals surface area contributed by atoms with Crippen molar-refractivity contribution in [3.8, 4) is 0 Å². The highest BCUT2D eigenvalue weighted by molar-refractivity contribution is 5.85. The predicted octanol–water partition coefficient (Wildman–Crippen LogP) is 5.06. The monoisotopic (exact) mass is 341 g/mol. The van der Waals surface area contributed by atoms with Gasteiger partial charge in [-0.15, -0.1) is 0 Å². The average molecular weight is 341 g/mol. The zero-order valence-corrected chi connectivity index (χ0v) is 14.9. The lowest BCUT2D eigenvalue weighted by Crippen LogP contribution is -2.28. The fraction of sp³-hybridized carbons (Fsp3) is 0.208. The fourth-order valence-electron chi connectivity index (χ4n) is 3.95. The molecule has 2 nitrogen and oxygen atoms in total. The van der Waals surface area contributed by atoms with Gasteiger partial charge in [0.15, 0.2) is 0 Å². The summed E-state index contributed by atoms with van der Waals surface area (Å²) in [6.07, 6.45) is 0. The SMILES string of the molecule is C[C@H](NC(=O)C1[C@@H](c2ccccc2)[C@H]1c1ccccc1)c1ccccc1. The molecule has 1 saturated carbocycles. The molecule has 0 bridgehead atoms. The molecule has 0 heterocycles. The van der Waals surface area contributed by atoms with Crippen LogP contribution >= 0.6 is 0 Å². The lowest BCUT2D eigenvalue weighted by molar-refractivity contribution is -0.123. The maximum Gasteiger partial charge on any atom is 0.224 e. The number of carbonyl (C=O) groups is 1. The van der Waals surface area contributed by atoms with Gasteiger partial charge in [-0.2, -0.15) is 0 Å². The fourth-order valence-corrected chi connectivity index (χ4v) is 3.95. The molecule has 1 fully saturated rings. The Labute approximate surface area is 154 Å². The van der Waals surface area contributed by atoms with Crippen molar-refractivity contribution in [2.45, 2.75) is 24.8 Å². The van der Waals surface area contributed by atoms with Crippen molar-refractivity contribution in [2.75, 3.05) is 0 Å². The minimum Gasteiger partial charge on any atom is -0.349 e. The Morgan fingerprint density at radius 2 is 1.15 bits per heavy atom. The zero-order chi connectivity index (χ0) is 17.9. The van der Waals surface area contributed by atoms with Gasteiger partial charge in [-0.25, -0.2) is 0 Å². The molecule has 2 heteroatoms. The first-order chi connectivity index (χ1) is 12.8. The molecule has 1 aliphatic carbocycles.